The minimum Gasteiger partial charge on any atom is -0.461 e. The highest BCUT2D eigenvalue weighted by Crippen LogP contribution is 2.18. The van der Waals surface area contributed by atoms with Crippen molar-refractivity contribution in [2.75, 3.05) is 13.1 Å². The largest absolute Gasteiger partial charge is 0.461 e. The van der Waals surface area contributed by atoms with Crippen LogP contribution in [-0.4, -0.2) is 40.1 Å². The second-order valence-corrected chi connectivity index (χ2v) is 6.94. The van der Waals surface area contributed by atoms with Gasteiger partial charge in [0.15, 0.2) is 5.76 Å². The Hall–Kier alpha value is -2.45. The summed E-state index contributed by atoms with van der Waals surface area (Å²) in [7, 11) is 0. The van der Waals surface area contributed by atoms with Gasteiger partial charge in [0, 0.05) is 19.1 Å². The van der Waals surface area contributed by atoms with Crippen LogP contribution in [0.25, 0.3) is 11.6 Å². The summed E-state index contributed by atoms with van der Waals surface area (Å²) in [6.07, 6.45) is 3.41. The molecule has 0 unspecified atom stereocenters. The van der Waals surface area contributed by atoms with E-state index in [1.165, 1.54) is 11.3 Å². The summed E-state index contributed by atoms with van der Waals surface area (Å²) in [5.74, 6) is 1.67. The minimum atomic E-state index is 0.0217. The van der Waals surface area contributed by atoms with Crippen LogP contribution in [0, 0.1) is 0 Å². The molecule has 0 aliphatic carbocycles. The highest BCUT2D eigenvalue weighted by Gasteiger charge is 2.23. The smallest absolute Gasteiger partial charge is 0.261 e. The van der Waals surface area contributed by atoms with Crippen molar-refractivity contribution in [2.45, 2.75) is 25.4 Å². The molecule has 1 fully saturated rings. The number of carbonyl (C=O) groups excluding carboxylic acids is 1. The summed E-state index contributed by atoms with van der Waals surface area (Å²) >= 11 is 1.47. The molecular formula is C17H18N4O3S. The summed E-state index contributed by atoms with van der Waals surface area (Å²) in [5.41, 5.74) is 0. The Morgan fingerprint density at radius 1 is 1.32 bits per heavy atom. The lowest BCUT2D eigenvalue weighted by Crippen LogP contribution is -2.44. The van der Waals surface area contributed by atoms with E-state index in [2.05, 4.69) is 20.4 Å². The molecule has 0 bridgehead atoms. The van der Waals surface area contributed by atoms with Gasteiger partial charge >= 0.3 is 0 Å². The van der Waals surface area contributed by atoms with Crippen molar-refractivity contribution in [2.24, 2.45) is 0 Å². The van der Waals surface area contributed by atoms with Crippen LogP contribution in [0.5, 0.6) is 0 Å². The summed E-state index contributed by atoms with van der Waals surface area (Å²) in [6, 6.07) is 7.55. The molecule has 4 heterocycles. The molecule has 0 aromatic carbocycles. The maximum Gasteiger partial charge on any atom is 0.261 e. The van der Waals surface area contributed by atoms with Crippen LogP contribution < -0.4 is 5.32 Å². The maximum absolute atomic E-state index is 12.1. The van der Waals surface area contributed by atoms with Crippen molar-refractivity contribution >= 4 is 17.2 Å². The first-order chi connectivity index (χ1) is 12.3. The maximum atomic E-state index is 12.1. The lowest BCUT2D eigenvalue weighted by molar-refractivity contribution is 0.0908. The predicted octanol–water partition coefficient (Wildman–Crippen LogP) is 2.79. The van der Waals surface area contributed by atoms with Crippen molar-refractivity contribution in [1.29, 1.82) is 0 Å². The molecule has 1 amide bonds. The number of hydrogen-bond acceptors (Lipinski definition) is 7. The molecule has 8 heteroatoms. The van der Waals surface area contributed by atoms with E-state index in [9.17, 15) is 4.79 Å². The molecule has 0 atom stereocenters. The normalized spacial score (nSPS) is 16.2. The Bertz CT molecular complexity index is 805. The Balaban J connectivity index is 1.27. The molecule has 25 heavy (non-hydrogen) atoms. The average Bonchev–Trinajstić information content (AvgIpc) is 3.38. The number of thiophene rings is 1. The Morgan fingerprint density at radius 3 is 2.92 bits per heavy atom. The first-order valence-corrected chi connectivity index (χ1v) is 9.09. The van der Waals surface area contributed by atoms with Gasteiger partial charge in [0.05, 0.1) is 17.7 Å². The van der Waals surface area contributed by atoms with Crippen LogP contribution in [-0.2, 0) is 6.54 Å². The first kappa shape index (κ1) is 16.0. The van der Waals surface area contributed by atoms with Gasteiger partial charge in [0.2, 0.25) is 11.7 Å². The zero-order chi connectivity index (χ0) is 17.1. The topological polar surface area (TPSA) is 84.4 Å². The van der Waals surface area contributed by atoms with E-state index >= 15 is 0 Å². The summed E-state index contributed by atoms with van der Waals surface area (Å²) in [6.45, 7) is 2.38. The van der Waals surface area contributed by atoms with Gasteiger partial charge in [0.1, 0.15) is 0 Å². The number of amides is 1. The quantitative estimate of drug-likeness (QED) is 0.755. The molecule has 7 nitrogen and oxygen atoms in total. The van der Waals surface area contributed by atoms with Gasteiger partial charge in [-0.1, -0.05) is 11.2 Å². The molecule has 1 saturated heterocycles. The van der Waals surface area contributed by atoms with E-state index in [4.69, 9.17) is 8.94 Å². The van der Waals surface area contributed by atoms with Gasteiger partial charge < -0.3 is 14.3 Å². The zero-order valence-electron chi connectivity index (χ0n) is 13.6. The summed E-state index contributed by atoms with van der Waals surface area (Å²) in [5, 5.41) is 8.97. The van der Waals surface area contributed by atoms with Crippen LogP contribution in [0.3, 0.4) is 0 Å². The van der Waals surface area contributed by atoms with Gasteiger partial charge in [-0.05, 0) is 36.4 Å². The molecule has 0 saturated carbocycles. The third-order valence-corrected chi connectivity index (χ3v) is 5.10. The van der Waals surface area contributed by atoms with Gasteiger partial charge in [-0.2, -0.15) is 4.98 Å². The second kappa shape index (κ2) is 7.20. The first-order valence-electron chi connectivity index (χ1n) is 8.21. The van der Waals surface area contributed by atoms with Gasteiger partial charge in [0.25, 0.3) is 5.91 Å². The van der Waals surface area contributed by atoms with Crippen molar-refractivity contribution < 1.29 is 13.7 Å². The number of carbonyl (C=O) groups is 1. The van der Waals surface area contributed by atoms with E-state index < -0.39 is 0 Å². The molecule has 0 spiro atoms. The lowest BCUT2D eigenvalue weighted by Gasteiger charge is -2.31. The molecular weight excluding hydrogens is 340 g/mol. The number of rotatable bonds is 5. The number of nitrogens with zero attached hydrogens (tertiary/aromatic N) is 3. The fourth-order valence-electron chi connectivity index (χ4n) is 2.92. The number of aromatic nitrogens is 2. The predicted molar refractivity (Wildman–Crippen MR) is 92.1 cm³/mol. The number of nitrogens with one attached hydrogen (secondary N) is 1. The van der Waals surface area contributed by atoms with Gasteiger partial charge in [-0.15, -0.1) is 11.3 Å². The summed E-state index contributed by atoms with van der Waals surface area (Å²) < 4.78 is 10.6. The van der Waals surface area contributed by atoms with Crippen molar-refractivity contribution in [1.82, 2.24) is 20.4 Å². The van der Waals surface area contributed by atoms with Crippen LogP contribution in [0.2, 0.25) is 0 Å². The Labute approximate surface area is 148 Å². The van der Waals surface area contributed by atoms with Crippen LogP contribution in [0.1, 0.15) is 28.4 Å². The molecule has 4 rings (SSSR count). The summed E-state index contributed by atoms with van der Waals surface area (Å²) in [4.78, 5) is 19.5. The van der Waals surface area contributed by atoms with Gasteiger partial charge in [-0.25, -0.2) is 0 Å². The molecule has 1 aliphatic rings. The minimum absolute atomic E-state index is 0.0217. The number of furan rings is 1. The van der Waals surface area contributed by atoms with E-state index in [0.29, 0.717) is 24.0 Å². The third kappa shape index (κ3) is 3.80. The highest BCUT2D eigenvalue weighted by atomic mass is 32.1. The van der Waals surface area contributed by atoms with Crippen LogP contribution >= 0.6 is 11.3 Å². The SMILES string of the molecule is O=C(NC1CCN(Cc2nc(-c3ccco3)no2)CC1)c1cccs1. The van der Waals surface area contributed by atoms with Gasteiger partial charge in [-0.3, -0.25) is 9.69 Å². The molecule has 1 N–H and O–H groups in total. The number of hydrogen-bond donors (Lipinski definition) is 1. The zero-order valence-corrected chi connectivity index (χ0v) is 14.4. The van der Waals surface area contributed by atoms with Crippen molar-refractivity contribution in [3.8, 4) is 11.6 Å². The van der Waals surface area contributed by atoms with Crippen molar-refractivity contribution in [3.05, 3.63) is 46.7 Å². The Kier molecular flexibility index (Phi) is 4.62. The third-order valence-electron chi connectivity index (χ3n) is 4.24. The monoisotopic (exact) mass is 358 g/mol. The standard InChI is InChI=1S/C17H18N4O3S/c22-17(14-4-2-10-25-14)18-12-5-7-21(8-6-12)11-15-19-16(20-24-15)13-3-1-9-23-13/h1-4,9-10,12H,5-8,11H2,(H,18,22). The second-order valence-electron chi connectivity index (χ2n) is 5.99. The van der Waals surface area contributed by atoms with Crippen LogP contribution in [0.4, 0.5) is 0 Å². The van der Waals surface area contributed by atoms with E-state index in [0.717, 1.165) is 30.8 Å². The van der Waals surface area contributed by atoms with E-state index in [1.807, 2.05) is 17.5 Å². The fraction of sp³-hybridized carbons (Fsp3) is 0.353. The number of piperidine rings is 1. The Morgan fingerprint density at radius 2 is 2.20 bits per heavy atom. The number of likely N-dealkylation sites (tertiary alicyclic amines) is 1. The molecule has 1 aliphatic heterocycles. The van der Waals surface area contributed by atoms with E-state index in [1.54, 1.807) is 18.4 Å². The molecule has 0 radical (unpaired) electrons. The lowest BCUT2D eigenvalue weighted by atomic mass is 10.0. The van der Waals surface area contributed by atoms with Crippen LogP contribution in [0.15, 0.2) is 44.8 Å². The average molecular weight is 358 g/mol. The fourth-order valence-corrected chi connectivity index (χ4v) is 3.54. The molecule has 3 aromatic rings. The molecule has 3 aromatic heterocycles. The van der Waals surface area contributed by atoms with Crippen molar-refractivity contribution in [3.63, 3.8) is 0 Å². The highest BCUT2D eigenvalue weighted by molar-refractivity contribution is 7.12. The molecule has 130 valence electrons. The van der Waals surface area contributed by atoms with E-state index in [-0.39, 0.29) is 11.9 Å².